The number of hydrogen-bond acceptors (Lipinski definition) is 2. The molecule has 0 saturated heterocycles. The molecule has 0 bridgehead atoms. The summed E-state index contributed by atoms with van der Waals surface area (Å²) in [6, 6.07) is 5.90. The second kappa shape index (κ2) is 4.91. The van der Waals surface area contributed by atoms with Crippen LogP contribution in [0.5, 0.6) is 0 Å². The van der Waals surface area contributed by atoms with E-state index in [0.29, 0.717) is 5.92 Å². The molecule has 0 aliphatic heterocycles. The molecule has 3 heteroatoms. The maximum atomic E-state index is 9.54. The Balaban J connectivity index is 3.00. The average molecular weight is 258 g/mol. The van der Waals surface area contributed by atoms with E-state index in [1.807, 2.05) is 18.2 Å². The lowest BCUT2D eigenvalue weighted by molar-refractivity contribution is 0.186. The van der Waals surface area contributed by atoms with E-state index in [9.17, 15) is 5.11 Å². The van der Waals surface area contributed by atoms with Gasteiger partial charge in [0.15, 0.2) is 0 Å². The minimum absolute atomic E-state index is 0.257. The highest BCUT2D eigenvalue weighted by Gasteiger charge is 2.09. The topological polar surface area (TPSA) is 46.2 Å². The van der Waals surface area contributed by atoms with Gasteiger partial charge in [-0.3, -0.25) is 0 Å². The second-order valence-electron chi connectivity index (χ2n) is 3.69. The Morgan fingerprint density at radius 2 is 2.07 bits per heavy atom. The van der Waals surface area contributed by atoms with Gasteiger partial charge in [-0.15, -0.1) is 0 Å². The quantitative estimate of drug-likeness (QED) is 0.875. The van der Waals surface area contributed by atoms with Crippen LogP contribution in [-0.4, -0.2) is 11.7 Å². The molecule has 3 N–H and O–H groups in total. The van der Waals surface area contributed by atoms with Crippen LogP contribution in [0.25, 0.3) is 0 Å². The number of aliphatic hydroxyl groups excluding tert-OH is 1. The monoisotopic (exact) mass is 257 g/mol. The summed E-state index contributed by atoms with van der Waals surface area (Å²) in [6.07, 6.45) is -0.562. The van der Waals surface area contributed by atoms with Gasteiger partial charge in [-0.1, -0.05) is 41.9 Å². The predicted octanol–water partition coefficient (Wildman–Crippen LogP) is 2.56. The SMILES string of the molecule is CC(C)c1ccc(C(O)CN)cc1Br. The molecular formula is C11H16BrNO. The van der Waals surface area contributed by atoms with Gasteiger partial charge in [0.2, 0.25) is 0 Å². The van der Waals surface area contributed by atoms with Crippen molar-refractivity contribution < 1.29 is 5.11 Å². The van der Waals surface area contributed by atoms with E-state index < -0.39 is 6.10 Å². The lowest BCUT2D eigenvalue weighted by Gasteiger charge is -2.13. The molecule has 0 saturated carbocycles. The third-order valence-electron chi connectivity index (χ3n) is 2.25. The predicted molar refractivity (Wildman–Crippen MR) is 62.2 cm³/mol. The van der Waals surface area contributed by atoms with Gasteiger partial charge in [-0.05, 0) is 23.1 Å². The molecule has 1 unspecified atom stereocenters. The summed E-state index contributed by atoms with van der Waals surface area (Å²) in [6.45, 7) is 4.53. The van der Waals surface area contributed by atoms with Gasteiger partial charge in [-0.25, -0.2) is 0 Å². The molecule has 1 aromatic carbocycles. The number of aliphatic hydroxyl groups is 1. The van der Waals surface area contributed by atoms with Crippen LogP contribution < -0.4 is 5.73 Å². The first kappa shape index (κ1) is 11.7. The fourth-order valence-electron chi connectivity index (χ4n) is 1.35. The summed E-state index contributed by atoms with van der Waals surface area (Å²) in [5, 5.41) is 9.54. The maximum Gasteiger partial charge on any atom is 0.0912 e. The summed E-state index contributed by atoms with van der Waals surface area (Å²) in [5.74, 6) is 0.480. The van der Waals surface area contributed by atoms with Crippen molar-refractivity contribution in [2.75, 3.05) is 6.54 Å². The Morgan fingerprint density at radius 3 is 2.50 bits per heavy atom. The van der Waals surface area contributed by atoms with Crippen LogP contribution in [-0.2, 0) is 0 Å². The summed E-state index contributed by atoms with van der Waals surface area (Å²) < 4.78 is 1.04. The van der Waals surface area contributed by atoms with Gasteiger partial charge >= 0.3 is 0 Å². The highest BCUT2D eigenvalue weighted by Crippen LogP contribution is 2.27. The van der Waals surface area contributed by atoms with Crippen molar-refractivity contribution in [3.8, 4) is 0 Å². The van der Waals surface area contributed by atoms with E-state index >= 15 is 0 Å². The summed E-state index contributed by atoms with van der Waals surface area (Å²) >= 11 is 3.49. The number of nitrogens with two attached hydrogens (primary N) is 1. The Kier molecular flexibility index (Phi) is 4.11. The average Bonchev–Trinajstić information content (AvgIpc) is 2.15. The summed E-state index contributed by atoms with van der Waals surface area (Å²) in [4.78, 5) is 0. The first-order valence-corrected chi connectivity index (χ1v) is 5.53. The molecule has 0 amide bonds. The van der Waals surface area contributed by atoms with Crippen LogP contribution in [0, 0.1) is 0 Å². The molecule has 1 aromatic rings. The van der Waals surface area contributed by atoms with Gasteiger partial charge < -0.3 is 10.8 Å². The first-order chi connectivity index (χ1) is 6.56. The zero-order valence-electron chi connectivity index (χ0n) is 8.50. The number of rotatable bonds is 3. The molecule has 0 fully saturated rings. The zero-order chi connectivity index (χ0) is 10.7. The minimum atomic E-state index is -0.562. The maximum absolute atomic E-state index is 9.54. The molecule has 0 aliphatic rings. The van der Waals surface area contributed by atoms with Crippen LogP contribution in [0.1, 0.15) is 37.0 Å². The Labute approximate surface area is 93.3 Å². The van der Waals surface area contributed by atoms with Crippen molar-refractivity contribution in [1.82, 2.24) is 0 Å². The van der Waals surface area contributed by atoms with Crippen LogP contribution >= 0.6 is 15.9 Å². The highest BCUT2D eigenvalue weighted by atomic mass is 79.9. The highest BCUT2D eigenvalue weighted by molar-refractivity contribution is 9.10. The van der Waals surface area contributed by atoms with Crippen molar-refractivity contribution in [2.24, 2.45) is 5.73 Å². The Hall–Kier alpha value is -0.380. The molecule has 78 valence electrons. The zero-order valence-corrected chi connectivity index (χ0v) is 10.1. The van der Waals surface area contributed by atoms with E-state index in [1.165, 1.54) is 5.56 Å². The van der Waals surface area contributed by atoms with E-state index in [1.54, 1.807) is 0 Å². The molecule has 1 atom stereocenters. The van der Waals surface area contributed by atoms with Gasteiger partial charge in [-0.2, -0.15) is 0 Å². The Bertz CT molecular complexity index is 312. The molecule has 2 nitrogen and oxygen atoms in total. The van der Waals surface area contributed by atoms with Gasteiger partial charge in [0.25, 0.3) is 0 Å². The fraction of sp³-hybridized carbons (Fsp3) is 0.455. The third-order valence-corrected chi connectivity index (χ3v) is 2.94. The van der Waals surface area contributed by atoms with Gasteiger partial charge in [0.05, 0.1) is 6.10 Å². The van der Waals surface area contributed by atoms with Crippen LogP contribution in [0.15, 0.2) is 22.7 Å². The number of benzene rings is 1. The molecule has 14 heavy (non-hydrogen) atoms. The molecule has 1 rings (SSSR count). The van der Waals surface area contributed by atoms with Crippen molar-refractivity contribution in [1.29, 1.82) is 0 Å². The van der Waals surface area contributed by atoms with E-state index in [-0.39, 0.29) is 6.54 Å². The van der Waals surface area contributed by atoms with E-state index in [2.05, 4.69) is 29.8 Å². The van der Waals surface area contributed by atoms with Crippen LogP contribution in [0.2, 0.25) is 0 Å². The number of halogens is 1. The molecule has 0 spiro atoms. The molecular weight excluding hydrogens is 242 g/mol. The van der Waals surface area contributed by atoms with E-state index in [4.69, 9.17) is 5.73 Å². The normalized spacial score (nSPS) is 13.3. The molecule has 0 radical (unpaired) electrons. The summed E-state index contributed by atoms with van der Waals surface area (Å²) in [5.41, 5.74) is 7.50. The Morgan fingerprint density at radius 1 is 1.43 bits per heavy atom. The lowest BCUT2D eigenvalue weighted by Crippen LogP contribution is -2.11. The standard InChI is InChI=1S/C11H16BrNO/c1-7(2)9-4-3-8(5-10(9)12)11(14)6-13/h3-5,7,11,14H,6,13H2,1-2H3. The fourth-order valence-corrected chi connectivity index (χ4v) is 2.21. The van der Waals surface area contributed by atoms with Crippen molar-refractivity contribution in [2.45, 2.75) is 25.9 Å². The van der Waals surface area contributed by atoms with Gasteiger partial charge in [0, 0.05) is 11.0 Å². The van der Waals surface area contributed by atoms with Crippen molar-refractivity contribution in [3.63, 3.8) is 0 Å². The number of hydrogen-bond donors (Lipinski definition) is 2. The minimum Gasteiger partial charge on any atom is -0.387 e. The smallest absolute Gasteiger partial charge is 0.0912 e. The molecule has 0 heterocycles. The van der Waals surface area contributed by atoms with Crippen LogP contribution in [0.3, 0.4) is 0 Å². The molecule has 0 aromatic heterocycles. The van der Waals surface area contributed by atoms with E-state index in [0.717, 1.165) is 10.0 Å². The molecule has 0 aliphatic carbocycles. The largest absolute Gasteiger partial charge is 0.387 e. The lowest BCUT2D eigenvalue weighted by atomic mass is 10.00. The van der Waals surface area contributed by atoms with Crippen LogP contribution in [0.4, 0.5) is 0 Å². The first-order valence-electron chi connectivity index (χ1n) is 4.73. The second-order valence-corrected chi connectivity index (χ2v) is 4.54. The summed E-state index contributed by atoms with van der Waals surface area (Å²) in [7, 11) is 0. The van der Waals surface area contributed by atoms with Crippen molar-refractivity contribution in [3.05, 3.63) is 33.8 Å². The third kappa shape index (κ3) is 2.56. The van der Waals surface area contributed by atoms with Gasteiger partial charge in [0.1, 0.15) is 0 Å². The van der Waals surface area contributed by atoms with Crippen molar-refractivity contribution >= 4 is 15.9 Å².